The first-order chi connectivity index (χ1) is 11.6. The topological polar surface area (TPSA) is 63.7 Å². The normalized spacial score (nSPS) is 25.1. The van der Waals surface area contributed by atoms with Crippen LogP contribution in [0.4, 0.5) is 5.69 Å². The van der Waals surface area contributed by atoms with E-state index in [-0.39, 0.29) is 23.5 Å². The summed E-state index contributed by atoms with van der Waals surface area (Å²) < 4.78 is 11.5. The van der Waals surface area contributed by atoms with Crippen LogP contribution in [0.3, 0.4) is 0 Å². The first-order valence-electron chi connectivity index (χ1n) is 8.70. The molecule has 2 aliphatic rings. The van der Waals surface area contributed by atoms with Crippen LogP contribution < -0.4 is 10.2 Å². The van der Waals surface area contributed by atoms with E-state index in [4.69, 9.17) is 9.47 Å². The van der Waals surface area contributed by atoms with E-state index in [2.05, 4.69) is 10.3 Å². The molecule has 24 heavy (non-hydrogen) atoms. The van der Waals surface area contributed by atoms with Gasteiger partial charge in [0.2, 0.25) is 0 Å². The molecule has 1 aromatic heterocycles. The third kappa shape index (κ3) is 3.00. The zero-order chi connectivity index (χ0) is 17.2. The van der Waals surface area contributed by atoms with Gasteiger partial charge in [0.05, 0.1) is 17.4 Å². The van der Waals surface area contributed by atoms with Gasteiger partial charge in [0, 0.05) is 57.8 Å². The molecule has 6 nitrogen and oxygen atoms in total. The van der Waals surface area contributed by atoms with Gasteiger partial charge in [-0.15, -0.1) is 0 Å². The maximum Gasteiger partial charge on any atom is 0.255 e. The van der Waals surface area contributed by atoms with E-state index in [1.54, 1.807) is 12.4 Å². The molecule has 1 aromatic rings. The number of carbonyl (C=O) groups is 1. The molecule has 2 fully saturated rings. The number of carbonyl (C=O) groups excluding carboxylic acids is 1. The van der Waals surface area contributed by atoms with Crippen molar-refractivity contribution in [3.63, 3.8) is 0 Å². The first-order valence-corrected chi connectivity index (χ1v) is 8.70. The van der Waals surface area contributed by atoms with Crippen molar-refractivity contribution in [3.8, 4) is 0 Å². The van der Waals surface area contributed by atoms with Crippen LogP contribution >= 0.6 is 0 Å². The predicted octanol–water partition coefficient (Wildman–Crippen LogP) is 1.85. The second kappa shape index (κ2) is 7.07. The summed E-state index contributed by atoms with van der Waals surface area (Å²) >= 11 is 0. The van der Waals surface area contributed by atoms with Gasteiger partial charge < -0.3 is 19.7 Å². The van der Waals surface area contributed by atoms with E-state index in [9.17, 15) is 4.79 Å². The Morgan fingerprint density at radius 1 is 1.46 bits per heavy atom. The first kappa shape index (κ1) is 17.2. The molecular weight excluding hydrogens is 306 g/mol. The molecule has 0 aromatic carbocycles. The lowest BCUT2D eigenvalue weighted by Gasteiger charge is -2.57. The molecule has 0 unspecified atom stereocenters. The Kier molecular flexibility index (Phi) is 5.06. The summed E-state index contributed by atoms with van der Waals surface area (Å²) in [6, 6.07) is 2.00. The molecule has 2 heterocycles. The van der Waals surface area contributed by atoms with Crippen LogP contribution in [0.2, 0.25) is 0 Å². The highest BCUT2D eigenvalue weighted by atomic mass is 16.5. The van der Waals surface area contributed by atoms with Crippen molar-refractivity contribution in [2.45, 2.75) is 38.3 Å². The van der Waals surface area contributed by atoms with Crippen LogP contribution in [0, 0.1) is 5.41 Å². The highest BCUT2D eigenvalue weighted by Crippen LogP contribution is 2.50. The number of hydrogen-bond acceptors (Lipinski definition) is 5. The zero-order valence-electron chi connectivity index (χ0n) is 14.7. The number of hydrogen-bond donors (Lipinski definition) is 1. The quantitative estimate of drug-likeness (QED) is 0.891. The molecule has 1 amide bonds. The summed E-state index contributed by atoms with van der Waals surface area (Å²) in [6.45, 7) is 4.22. The number of nitrogens with zero attached hydrogens (tertiary/aromatic N) is 2. The monoisotopic (exact) mass is 333 g/mol. The average Bonchev–Trinajstić information content (AvgIpc) is 2.61. The fraction of sp³-hybridized carbons (Fsp3) is 0.667. The zero-order valence-corrected chi connectivity index (χ0v) is 14.7. The second-order valence-corrected chi connectivity index (χ2v) is 6.84. The SMILES string of the molecule is CCO[C@@H]1C[C@@H](NC(=O)c2cnccc2N(C)C)C12CCOCC2. The molecule has 1 N–H and O–H groups in total. The van der Waals surface area contributed by atoms with Crippen LogP contribution in [0.25, 0.3) is 0 Å². The molecule has 132 valence electrons. The minimum atomic E-state index is -0.0578. The molecule has 0 radical (unpaired) electrons. The summed E-state index contributed by atoms with van der Waals surface area (Å²) in [5, 5.41) is 3.24. The van der Waals surface area contributed by atoms with Gasteiger partial charge >= 0.3 is 0 Å². The summed E-state index contributed by atoms with van der Waals surface area (Å²) in [6.07, 6.45) is 6.32. The molecule has 0 bridgehead atoms. The molecule has 6 heteroatoms. The minimum absolute atomic E-state index is 0.0183. The molecule has 3 rings (SSSR count). The molecule has 2 atom stereocenters. The lowest BCUT2D eigenvalue weighted by atomic mass is 9.57. The van der Waals surface area contributed by atoms with Crippen LogP contribution in [0.15, 0.2) is 18.5 Å². The Hall–Kier alpha value is -1.66. The van der Waals surface area contributed by atoms with E-state index in [1.807, 2.05) is 32.0 Å². The minimum Gasteiger partial charge on any atom is -0.381 e. The summed E-state index contributed by atoms with van der Waals surface area (Å²) in [4.78, 5) is 18.9. The van der Waals surface area contributed by atoms with Crippen LogP contribution in [0.5, 0.6) is 0 Å². The van der Waals surface area contributed by atoms with Gasteiger partial charge in [-0.05, 0) is 32.3 Å². The van der Waals surface area contributed by atoms with E-state index < -0.39 is 0 Å². The van der Waals surface area contributed by atoms with Gasteiger partial charge in [-0.25, -0.2) is 0 Å². The predicted molar refractivity (Wildman–Crippen MR) is 92.3 cm³/mol. The largest absolute Gasteiger partial charge is 0.381 e. The van der Waals surface area contributed by atoms with Crippen molar-refractivity contribution in [1.29, 1.82) is 0 Å². The molecule has 1 spiro atoms. The van der Waals surface area contributed by atoms with Gasteiger partial charge in [-0.2, -0.15) is 0 Å². The highest BCUT2D eigenvalue weighted by Gasteiger charge is 2.56. The molecule has 1 aliphatic heterocycles. The van der Waals surface area contributed by atoms with E-state index >= 15 is 0 Å². The fourth-order valence-corrected chi connectivity index (χ4v) is 4.00. The van der Waals surface area contributed by atoms with Gasteiger partial charge in [0.15, 0.2) is 0 Å². The third-order valence-corrected chi connectivity index (χ3v) is 5.41. The van der Waals surface area contributed by atoms with Gasteiger partial charge in [-0.3, -0.25) is 9.78 Å². The van der Waals surface area contributed by atoms with Crippen molar-refractivity contribution in [2.75, 3.05) is 38.8 Å². The number of aromatic nitrogens is 1. The van der Waals surface area contributed by atoms with Crippen molar-refractivity contribution >= 4 is 11.6 Å². The fourth-order valence-electron chi connectivity index (χ4n) is 4.00. The number of nitrogens with one attached hydrogen (secondary N) is 1. The lowest BCUT2D eigenvalue weighted by molar-refractivity contribution is -0.170. The summed E-state index contributed by atoms with van der Waals surface area (Å²) in [5.74, 6) is -0.0578. The number of pyridine rings is 1. The maximum absolute atomic E-state index is 12.8. The summed E-state index contributed by atoms with van der Waals surface area (Å²) in [5.41, 5.74) is 1.51. The number of amides is 1. The lowest BCUT2D eigenvalue weighted by Crippen LogP contribution is -2.66. The van der Waals surface area contributed by atoms with E-state index in [0.717, 1.165) is 38.2 Å². The van der Waals surface area contributed by atoms with Crippen LogP contribution in [-0.2, 0) is 9.47 Å². The summed E-state index contributed by atoms with van der Waals surface area (Å²) in [7, 11) is 3.86. The standard InChI is InChI=1S/C18H27N3O3/c1-4-24-16-11-15(18(16)6-9-23-10-7-18)20-17(22)13-12-19-8-5-14(13)21(2)3/h5,8,12,15-16H,4,6-7,9-11H2,1-3H3,(H,20,22)/t15-,16-/m1/s1. The van der Waals surface area contributed by atoms with Crippen molar-refractivity contribution in [3.05, 3.63) is 24.0 Å². The second-order valence-electron chi connectivity index (χ2n) is 6.84. The molecular formula is C18H27N3O3. The Labute approximate surface area is 143 Å². The van der Waals surface area contributed by atoms with Crippen LogP contribution in [-0.4, -0.2) is 57.0 Å². The Balaban J connectivity index is 1.75. The van der Waals surface area contributed by atoms with Gasteiger partial charge in [0.25, 0.3) is 5.91 Å². The third-order valence-electron chi connectivity index (χ3n) is 5.41. The Bertz CT molecular complexity index is 585. The number of anilines is 1. The number of rotatable bonds is 5. The highest BCUT2D eigenvalue weighted by molar-refractivity contribution is 5.99. The molecule has 1 aliphatic carbocycles. The van der Waals surface area contributed by atoms with E-state index in [1.165, 1.54) is 0 Å². The van der Waals surface area contributed by atoms with Crippen molar-refractivity contribution < 1.29 is 14.3 Å². The van der Waals surface area contributed by atoms with Gasteiger partial charge in [-0.1, -0.05) is 0 Å². The van der Waals surface area contributed by atoms with Crippen LogP contribution in [0.1, 0.15) is 36.5 Å². The number of ether oxygens (including phenoxy) is 2. The Morgan fingerprint density at radius 3 is 2.88 bits per heavy atom. The Morgan fingerprint density at radius 2 is 2.21 bits per heavy atom. The average molecular weight is 333 g/mol. The molecule has 1 saturated heterocycles. The molecule has 1 saturated carbocycles. The smallest absolute Gasteiger partial charge is 0.255 e. The van der Waals surface area contributed by atoms with Gasteiger partial charge in [0.1, 0.15) is 0 Å². The van der Waals surface area contributed by atoms with Crippen molar-refractivity contribution in [1.82, 2.24) is 10.3 Å². The van der Waals surface area contributed by atoms with E-state index in [0.29, 0.717) is 12.2 Å². The maximum atomic E-state index is 12.8. The van der Waals surface area contributed by atoms with Crippen molar-refractivity contribution in [2.24, 2.45) is 5.41 Å².